The highest BCUT2D eigenvalue weighted by Crippen LogP contribution is 2.19. The first-order valence-electron chi connectivity index (χ1n) is 6.52. The van der Waals surface area contributed by atoms with E-state index in [1.54, 1.807) is 12.1 Å². The van der Waals surface area contributed by atoms with Crippen LogP contribution in [0.2, 0.25) is 0 Å². The van der Waals surface area contributed by atoms with Gasteiger partial charge in [0.1, 0.15) is 18.2 Å². The van der Waals surface area contributed by atoms with Gasteiger partial charge in [-0.15, -0.1) is 0 Å². The third kappa shape index (κ3) is 3.00. The van der Waals surface area contributed by atoms with Crippen LogP contribution in [0.15, 0.2) is 41.2 Å². The van der Waals surface area contributed by atoms with E-state index < -0.39 is 18.1 Å². The van der Waals surface area contributed by atoms with Gasteiger partial charge in [-0.25, -0.2) is 0 Å². The standard InChI is InChI=1S/C16H14N2O3/c1-2-11-3-5-12(6-4-11)14-8-7-13(9-17)16(21)18(14)10-15(19)20/h3-8H,2,10H2,1H3,(H,19,20). The number of hydrogen-bond donors (Lipinski definition) is 1. The van der Waals surface area contributed by atoms with Crippen LogP contribution in [0.4, 0.5) is 0 Å². The number of aryl methyl sites for hydroxylation is 1. The van der Waals surface area contributed by atoms with Crippen molar-refractivity contribution in [2.75, 3.05) is 0 Å². The molecule has 1 aromatic heterocycles. The number of nitrogens with zero attached hydrogens (tertiary/aromatic N) is 2. The number of carboxylic acid groups (broad SMARTS) is 1. The van der Waals surface area contributed by atoms with E-state index in [0.717, 1.165) is 22.1 Å². The molecule has 0 aliphatic carbocycles. The van der Waals surface area contributed by atoms with Crippen molar-refractivity contribution in [2.24, 2.45) is 0 Å². The largest absolute Gasteiger partial charge is 0.480 e. The summed E-state index contributed by atoms with van der Waals surface area (Å²) in [6.07, 6.45) is 0.898. The lowest BCUT2D eigenvalue weighted by atomic mass is 10.1. The van der Waals surface area contributed by atoms with Crippen LogP contribution in [0, 0.1) is 11.3 Å². The fraction of sp³-hybridized carbons (Fsp3) is 0.188. The first kappa shape index (κ1) is 14.5. The minimum absolute atomic E-state index is 0.0646. The molecule has 5 nitrogen and oxygen atoms in total. The zero-order valence-electron chi connectivity index (χ0n) is 11.5. The Labute approximate surface area is 121 Å². The van der Waals surface area contributed by atoms with E-state index in [1.807, 2.05) is 31.2 Å². The number of carbonyl (C=O) groups is 1. The van der Waals surface area contributed by atoms with E-state index >= 15 is 0 Å². The Kier molecular flexibility index (Phi) is 4.19. The van der Waals surface area contributed by atoms with E-state index in [1.165, 1.54) is 6.07 Å². The molecule has 0 aliphatic rings. The summed E-state index contributed by atoms with van der Waals surface area (Å²) in [5, 5.41) is 17.9. The summed E-state index contributed by atoms with van der Waals surface area (Å²) in [5.74, 6) is -1.13. The third-order valence-electron chi connectivity index (χ3n) is 3.25. The molecule has 2 rings (SSSR count). The molecule has 21 heavy (non-hydrogen) atoms. The van der Waals surface area contributed by atoms with E-state index in [9.17, 15) is 9.59 Å². The minimum atomic E-state index is -1.13. The van der Waals surface area contributed by atoms with Crippen LogP contribution in [0.5, 0.6) is 0 Å². The van der Waals surface area contributed by atoms with Crippen molar-refractivity contribution in [3.63, 3.8) is 0 Å². The molecule has 0 atom stereocenters. The SMILES string of the molecule is CCc1ccc(-c2ccc(C#N)c(=O)n2CC(=O)O)cc1. The summed E-state index contributed by atoms with van der Waals surface area (Å²) < 4.78 is 1.11. The molecule has 0 unspecified atom stereocenters. The van der Waals surface area contributed by atoms with Gasteiger partial charge in [0.05, 0.1) is 5.69 Å². The highest BCUT2D eigenvalue weighted by molar-refractivity contribution is 5.69. The maximum absolute atomic E-state index is 12.1. The maximum atomic E-state index is 12.1. The minimum Gasteiger partial charge on any atom is -0.480 e. The summed E-state index contributed by atoms with van der Waals surface area (Å²) in [6.45, 7) is 1.57. The smallest absolute Gasteiger partial charge is 0.323 e. The second-order valence-corrected chi connectivity index (χ2v) is 4.58. The number of nitriles is 1. The van der Waals surface area contributed by atoms with Crippen molar-refractivity contribution in [1.82, 2.24) is 4.57 Å². The Morgan fingerprint density at radius 1 is 1.24 bits per heavy atom. The van der Waals surface area contributed by atoms with Crippen molar-refractivity contribution in [1.29, 1.82) is 5.26 Å². The van der Waals surface area contributed by atoms with E-state index in [-0.39, 0.29) is 5.56 Å². The van der Waals surface area contributed by atoms with E-state index in [2.05, 4.69) is 0 Å². The normalized spacial score (nSPS) is 10.1. The molecule has 2 aromatic rings. The lowest BCUT2D eigenvalue weighted by molar-refractivity contribution is -0.137. The lowest BCUT2D eigenvalue weighted by Crippen LogP contribution is -2.27. The molecule has 5 heteroatoms. The van der Waals surface area contributed by atoms with Gasteiger partial charge in [0, 0.05) is 0 Å². The Balaban J connectivity index is 2.61. The summed E-state index contributed by atoms with van der Waals surface area (Å²) in [6, 6.07) is 12.4. The average Bonchev–Trinajstić information content (AvgIpc) is 2.49. The monoisotopic (exact) mass is 282 g/mol. The number of aromatic nitrogens is 1. The quantitative estimate of drug-likeness (QED) is 0.930. The zero-order chi connectivity index (χ0) is 15.4. The van der Waals surface area contributed by atoms with Crippen LogP contribution in [-0.4, -0.2) is 15.6 Å². The molecule has 0 fully saturated rings. The molecular weight excluding hydrogens is 268 g/mol. The predicted octanol–water partition coefficient (Wildman–Crippen LogP) is 2.03. The van der Waals surface area contributed by atoms with Gasteiger partial charge in [-0.2, -0.15) is 5.26 Å². The summed E-state index contributed by atoms with van der Waals surface area (Å²) in [5.41, 5.74) is 1.74. The molecule has 0 radical (unpaired) electrons. The highest BCUT2D eigenvalue weighted by Gasteiger charge is 2.12. The molecule has 0 bridgehead atoms. The molecule has 0 saturated carbocycles. The van der Waals surface area contributed by atoms with Crippen molar-refractivity contribution in [2.45, 2.75) is 19.9 Å². The predicted molar refractivity (Wildman–Crippen MR) is 77.9 cm³/mol. The van der Waals surface area contributed by atoms with Crippen LogP contribution in [0.25, 0.3) is 11.3 Å². The van der Waals surface area contributed by atoms with Crippen molar-refractivity contribution < 1.29 is 9.90 Å². The Bertz CT molecular complexity index is 768. The van der Waals surface area contributed by atoms with Gasteiger partial charge >= 0.3 is 5.97 Å². The Morgan fingerprint density at radius 2 is 1.90 bits per heavy atom. The molecule has 0 saturated heterocycles. The van der Waals surface area contributed by atoms with Crippen molar-refractivity contribution in [3.8, 4) is 17.3 Å². The molecule has 1 heterocycles. The average molecular weight is 282 g/mol. The lowest BCUT2D eigenvalue weighted by Gasteiger charge is -2.12. The molecular formula is C16H14N2O3. The van der Waals surface area contributed by atoms with Crippen LogP contribution in [-0.2, 0) is 17.8 Å². The van der Waals surface area contributed by atoms with Crippen LogP contribution in [0.3, 0.4) is 0 Å². The van der Waals surface area contributed by atoms with E-state index in [0.29, 0.717) is 5.69 Å². The van der Waals surface area contributed by atoms with Gasteiger partial charge < -0.3 is 5.11 Å². The first-order valence-corrected chi connectivity index (χ1v) is 6.52. The van der Waals surface area contributed by atoms with Gasteiger partial charge in [-0.1, -0.05) is 31.2 Å². The molecule has 1 aromatic carbocycles. The second-order valence-electron chi connectivity index (χ2n) is 4.58. The van der Waals surface area contributed by atoms with Crippen molar-refractivity contribution in [3.05, 3.63) is 57.9 Å². The first-order chi connectivity index (χ1) is 10.1. The third-order valence-corrected chi connectivity index (χ3v) is 3.25. The number of hydrogen-bond acceptors (Lipinski definition) is 3. The fourth-order valence-electron chi connectivity index (χ4n) is 2.12. The molecule has 0 spiro atoms. The number of benzene rings is 1. The second kappa shape index (κ2) is 6.06. The highest BCUT2D eigenvalue weighted by atomic mass is 16.4. The molecule has 0 aliphatic heterocycles. The molecule has 0 amide bonds. The number of rotatable bonds is 4. The number of carboxylic acids is 1. The van der Waals surface area contributed by atoms with Gasteiger partial charge in [0.25, 0.3) is 5.56 Å². The van der Waals surface area contributed by atoms with E-state index in [4.69, 9.17) is 10.4 Å². The van der Waals surface area contributed by atoms with Gasteiger partial charge in [0.2, 0.25) is 0 Å². The number of aliphatic carboxylic acids is 1. The summed E-state index contributed by atoms with van der Waals surface area (Å²) in [4.78, 5) is 23.1. The molecule has 106 valence electrons. The van der Waals surface area contributed by atoms with Crippen LogP contribution in [0.1, 0.15) is 18.1 Å². The topological polar surface area (TPSA) is 83.1 Å². The number of pyridine rings is 1. The molecule has 1 N–H and O–H groups in total. The zero-order valence-corrected chi connectivity index (χ0v) is 11.5. The Morgan fingerprint density at radius 3 is 2.43 bits per heavy atom. The van der Waals surface area contributed by atoms with Crippen LogP contribution >= 0.6 is 0 Å². The summed E-state index contributed by atoms with van der Waals surface area (Å²) >= 11 is 0. The maximum Gasteiger partial charge on any atom is 0.323 e. The van der Waals surface area contributed by atoms with Gasteiger partial charge in [-0.3, -0.25) is 14.2 Å². The van der Waals surface area contributed by atoms with Gasteiger partial charge in [0.15, 0.2) is 0 Å². The van der Waals surface area contributed by atoms with Gasteiger partial charge in [-0.05, 0) is 29.7 Å². The van der Waals surface area contributed by atoms with Crippen molar-refractivity contribution >= 4 is 5.97 Å². The Hall–Kier alpha value is -2.87. The fourth-order valence-corrected chi connectivity index (χ4v) is 2.12. The summed E-state index contributed by atoms with van der Waals surface area (Å²) in [7, 11) is 0. The van der Waals surface area contributed by atoms with Crippen LogP contribution < -0.4 is 5.56 Å².